The molecule has 0 bridgehead atoms. The molecular formula is C26H29ClN2O4S. The molecule has 0 saturated heterocycles. The van der Waals surface area contributed by atoms with E-state index < -0.39 is 15.9 Å². The molecule has 6 nitrogen and oxygen atoms in total. The minimum absolute atomic E-state index is 0.0891. The number of nitrogens with zero attached hydrogens (tertiary/aromatic N) is 1. The number of rotatable bonds is 11. The maximum absolute atomic E-state index is 13.3. The van der Waals surface area contributed by atoms with Crippen molar-refractivity contribution in [3.05, 3.63) is 89.4 Å². The van der Waals surface area contributed by atoms with Crippen LogP contribution in [0.1, 0.15) is 25.8 Å². The van der Waals surface area contributed by atoms with E-state index in [1.165, 1.54) is 12.1 Å². The number of benzene rings is 3. The first-order valence-electron chi connectivity index (χ1n) is 11.1. The number of sulfonamides is 1. The van der Waals surface area contributed by atoms with Gasteiger partial charge in [-0.2, -0.15) is 0 Å². The van der Waals surface area contributed by atoms with Gasteiger partial charge in [-0.1, -0.05) is 54.1 Å². The molecule has 0 fully saturated rings. The molecule has 0 aliphatic heterocycles. The van der Waals surface area contributed by atoms with Crippen LogP contribution >= 0.6 is 11.6 Å². The molecule has 0 heterocycles. The van der Waals surface area contributed by atoms with Crippen molar-refractivity contribution in [3.8, 4) is 5.75 Å². The minimum atomic E-state index is -3.99. The molecule has 0 saturated carbocycles. The molecule has 1 N–H and O–H groups in total. The van der Waals surface area contributed by atoms with Crippen molar-refractivity contribution >= 4 is 33.2 Å². The van der Waals surface area contributed by atoms with E-state index in [0.29, 0.717) is 13.0 Å². The zero-order valence-electron chi connectivity index (χ0n) is 19.3. The average Bonchev–Trinajstić information content (AvgIpc) is 2.81. The van der Waals surface area contributed by atoms with Gasteiger partial charge in [-0.05, 0) is 68.7 Å². The van der Waals surface area contributed by atoms with Crippen LogP contribution in [0.15, 0.2) is 83.8 Å². The normalized spacial score (nSPS) is 11.3. The van der Waals surface area contributed by atoms with E-state index in [0.717, 1.165) is 22.0 Å². The van der Waals surface area contributed by atoms with Gasteiger partial charge >= 0.3 is 0 Å². The van der Waals surface area contributed by atoms with Crippen molar-refractivity contribution in [3.63, 3.8) is 0 Å². The molecule has 0 aliphatic carbocycles. The maximum atomic E-state index is 13.3. The monoisotopic (exact) mass is 500 g/mol. The average molecular weight is 501 g/mol. The molecule has 0 spiro atoms. The summed E-state index contributed by atoms with van der Waals surface area (Å²) in [4.78, 5) is 12.8. The number of hydrogen-bond donors (Lipinski definition) is 1. The van der Waals surface area contributed by atoms with E-state index in [-0.39, 0.29) is 28.3 Å². The number of halogens is 1. The van der Waals surface area contributed by atoms with Gasteiger partial charge in [0.1, 0.15) is 12.3 Å². The van der Waals surface area contributed by atoms with Crippen molar-refractivity contribution < 1.29 is 17.9 Å². The summed E-state index contributed by atoms with van der Waals surface area (Å²) in [5.41, 5.74) is 1.36. The van der Waals surface area contributed by atoms with Gasteiger partial charge in [0.25, 0.3) is 10.0 Å². The number of carbonyl (C=O) groups excluding carboxylic acids is 1. The topological polar surface area (TPSA) is 75.7 Å². The zero-order chi connectivity index (χ0) is 24.6. The van der Waals surface area contributed by atoms with Gasteiger partial charge in [-0.15, -0.1) is 0 Å². The molecule has 3 aromatic carbocycles. The lowest BCUT2D eigenvalue weighted by Crippen LogP contribution is -2.41. The second-order valence-corrected chi connectivity index (χ2v) is 10.3. The molecule has 0 unspecified atom stereocenters. The molecule has 0 radical (unpaired) electrons. The van der Waals surface area contributed by atoms with Crippen LogP contribution in [0.3, 0.4) is 0 Å². The molecule has 0 atom stereocenters. The summed E-state index contributed by atoms with van der Waals surface area (Å²) >= 11 is 6.29. The highest BCUT2D eigenvalue weighted by Gasteiger charge is 2.28. The van der Waals surface area contributed by atoms with Gasteiger partial charge in [0.2, 0.25) is 5.91 Å². The Labute approximate surface area is 206 Å². The van der Waals surface area contributed by atoms with Gasteiger partial charge in [0.05, 0.1) is 21.7 Å². The van der Waals surface area contributed by atoms with Crippen LogP contribution in [0.25, 0.3) is 0 Å². The molecule has 3 aromatic rings. The van der Waals surface area contributed by atoms with Crippen molar-refractivity contribution in [2.24, 2.45) is 0 Å². The number of aryl methyl sites for hydroxylation is 1. The number of ether oxygens (including phenoxy) is 1. The van der Waals surface area contributed by atoms with E-state index in [1.54, 1.807) is 42.5 Å². The SMILES string of the molecule is CC(C)Oc1cccc(CCCNC(=O)CN(c2ccccc2Cl)S(=O)(=O)c2ccccc2)c1. The van der Waals surface area contributed by atoms with E-state index >= 15 is 0 Å². The summed E-state index contributed by atoms with van der Waals surface area (Å²) in [7, 11) is -3.99. The lowest BCUT2D eigenvalue weighted by atomic mass is 10.1. The predicted octanol–water partition coefficient (Wildman–Crippen LogP) is 5.07. The maximum Gasteiger partial charge on any atom is 0.264 e. The number of nitrogens with one attached hydrogen (secondary N) is 1. The standard InChI is InChI=1S/C26H29ClN2O4S/c1-20(2)33-22-12-8-10-21(18-22)11-9-17-28-26(30)19-29(25-16-7-6-15-24(25)27)34(31,32)23-13-4-3-5-14-23/h3-8,10,12-16,18,20H,9,11,17,19H2,1-2H3,(H,28,30). The Kier molecular flexibility index (Phi) is 8.96. The Bertz CT molecular complexity index is 1200. The summed E-state index contributed by atoms with van der Waals surface area (Å²) < 4.78 is 33.4. The van der Waals surface area contributed by atoms with E-state index in [4.69, 9.17) is 16.3 Å². The number of amides is 1. The lowest BCUT2D eigenvalue weighted by Gasteiger charge is -2.25. The first-order valence-corrected chi connectivity index (χ1v) is 12.9. The number of hydrogen-bond acceptors (Lipinski definition) is 4. The Morgan fingerprint density at radius 1 is 1.00 bits per heavy atom. The van der Waals surface area contributed by atoms with Crippen LogP contribution in [0, 0.1) is 0 Å². The third-order valence-electron chi connectivity index (χ3n) is 4.97. The van der Waals surface area contributed by atoms with Crippen LogP contribution in [-0.4, -0.2) is 33.5 Å². The summed E-state index contributed by atoms with van der Waals surface area (Å²) in [5.74, 6) is 0.411. The Balaban J connectivity index is 1.65. The second-order valence-electron chi connectivity index (χ2n) is 8.04. The van der Waals surface area contributed by atoms with Crippen molar-refractivity contribution in [2.45, 2.75) is 37.7 Å². The van der Waals surface area contributed by atoms with Gasteiger partial charge in [-0.25, -0.2) is 8.42 Å². The minimum Gasteiger partial charge on any atom is -0.491 e. The molecule has 3 rings (SSSR count). The fourth-order valence-electron chi connectivity index (χ4n) is 3.43. The fourth-order valence-corrected chi connectivity index (χ4v) is 5.18. The molecule has 1 amide bonds. The molecule has 180 valence electrons. The first-order chi connectivity index (χ1) is 16.3. The lowest BCUT2D eigenvalue weighted by molar-refractivity contribution is -0.119. The third kappa shape index (κ3) is 6.98. The Morgan fingerprint density at radius 2 is 1.71 bits per heavy atom. The second kappa shape index (κ2) is 11.9. The van der Waals surface area contributed by atoms with Crippen molar-refractivity contribution in [2.75, 3.05) is 17.4 Å². The van der Waals surface area contributed by atoms with E-state index in [9.17, 15) is 13.2 Å². The van der Waals surface area contributed by atoms with E-state index in [1.807, 2.05) is 38.1 Å². The first kappa shape index (κ1) is 25.6. The van der Waals surface area contributed by atoms with Crippen molar-refractivity contribution in [1.29, 1.82) is 0 Å². The summed E-state index contributed by atoms with van der Waals surface area (Å²) in [6.07, 6.45) is 1.56. The summed E-state index contributed by atoms with van der Waals surface area (Å²) in [5, 5.41) is 3.07. The molecule has 0 aliphatic rings. The number of carbonyl (C=O) groups is 1. The fraction of sp³-hybridized carbons (Fsp3) is 0.269. The van der Waals surface area contributed by atoms with Gasteiger partial charge in [-0.3, -0.25) is 9.10 Å². The molecule has 8 heteroatoms. The zero-order valence-corrected chi connectivity index (χ0v) is 20.9. The summed E-state index contributed by atoms with van der Waals surface area (Å²) in [6.45, 7) is 3.99. The van der Waals surface area contributed by atoms with Crippen molar-refractivity contribution in [1.82, 2.24) is 5.32 Å². The van der Waals surface area contributed by atoms with Crippen LogP contribution in [0.2, 0.25) is 5.02 Å². The highest BCUT2D eigenvalue weighted by Crippen LogP contribution is 2.30. The molecule has 0 aromatic heterocycles. The van der Waals surface area contributed by atoms with Gasteiger partial charge < -0.3 is 10.1 Å². The highest BCUT2D eigenvalue weighted by molar-refractivity contribution is 7.92. The van der Waals surface area contributed by atoms with Crippen LogP contribution in [-0.2, 0) is 21.2 Å². The summed E-state index contributed by atoms with van der Waals surface area (Å²) in [6, 6.07) is 22.4. The van der Waals surface area contributed by atoms with Crippen LogP contribution < -0.4 is 14.4 Å². The third-order valence-corrected chi connectivity index (χ3v) is 7.07. The van der Waals surface area contributed by atoms with Crippen LogP contribution in [0.5, 0.6) is 5.75 Å². The number of para-hydroxylation sites is 1. The Hall–Kier alpha value is -3.03. The quantitative estimate of drug-likeness (QED) is 0.373. The van der Waals surface area contributed by atoms with E-state index in [2.05, 4.69) is 5.32 Å². The largest absolute Gasteiger partial charge is 0.491 e. The smallest absolute Gasteiger partial charge is 0.264 e. The van der Waals surface area contributed by atoms with Gasteiger partial charge in [0.15, 0.2) is 0 Å². The molecule has 34 heavy (non-hydrogen) atoms. The Morgan fingerprint density at radius 3 is 2.41 bits per heavy atom. The highest BCUT2D eigenvalue weighted by atomic mass is 35.5. The predicted molar refractivity (Wildman–Crippen MR) is 136 cm³/mol. The molecular weight excluding hydrogens is 472 g/mol. The van der Waals surface area contributed by atoms with Crippen LogP contribution in [0.4, 0.5) is 5.69 Å². The van der Waals surface area contributed by atoms with Gasteiger partial charge in [0, 0.05) is 6.54 Å². The number of anilines is 1.